The largest absolute Gasteiger partial charge is 0.369 e. The number of halogens is 2. The monoisotopic (exact) mass is 386 g/mol. The Morgan fingerprint density at radius 1 is 1.14 bits per heavy atom. The summed E-state index contributed by atoms with van der Waals surface area (Å²) >= 11 is 0. The molecule has 1 atom stereocenters. The van der Waals surface area contributed by atoms with Gasteiger partial charge in [0.15, 0.2) is 0 Å². The standard InChI is InChI=1S/C23H28F2N2O/c1-14-18(20(22(26)28)23(2,3)4)9-10-19(21(14)25)27-11-5-6-15-12-17(24)8-7-16(15)13-27/h7-10,12,20H,5-6,11,13H2,1-4H3,(H2,26,28). The second kappa shape index (κ2) is 7.53. The van der Waals surface area contributed by atoms with Crippen molar-refractivity contribution in [2.75, 3.05) is 11.4 Å². The molecule has 0 saturated heterocycles. The maximum atomic E-state index is 15.4. The Kier molecular flexibility index (Phi) is 5.46. The second-order valence-corrected chi connectivity index (χ2v) is 8.75. The first-order chi connectivity index (χ1) is 13.1. The van der Waals surface area contributed by atoms with E-state index in [-0.39, 0.29) is 11.6 Å². The summed E-state index contributed by atoms with van der Waals surface area (Å²) in [6.45, 7) is 8.71. The molecule has 0 saturated carbocycles. The van der Waals surface area contributed by atoms with Crippen molar-refractivity contribution < 1.29 is 13.6 Å². The quantitative estimate of drug-likeness (QED) is 0.820. The third kappa shape index (κ3) is 3.89. The molecule has 5 heteroatoms. The van der Waals surface area contributed by atoms with E-state index in [0.717, 1.165) is 24.0 Å². The molecule has 1 unspecified atom stereocenters. The number of nitrogens with zero attached hydrogens (tertiary/aromatic N) is 1. The molecule has 3 nitrogen and oxygen atoms in total. The van der Waals surface area contributed by atoms with Crippen LogP contribution in [0.4, 0.5) is 14.5 Å². The Morgan fingerprint density at radius 3 is 2.50 bits per heavy atom. The fraction of sp³-hybridized carbons (Fsp3) is 0.435. The third-order valence-corrected chi connectivity index (χ3v) is 5.61. The van der Waals surface area contributed by atoms with E-state index in [4.69, 9.17) is 5.73 Å². The molecule has 28 heavy (non-hydrogen) atoms. The van der Waals surface area contributed by atoms with Crippen LogP contribution in [0.25, 0.3) is 0 Å². The van der Waals surface area contributed by atoms with Gasteiger partial charge >= 0.3 is 0 Å². The number of primary amides is 1. The summed E-state index contributed by atoms with van der Waals surface area (Å²) in [7, 11) is 0. The minimum Gasteiger partial charge on any atom is -0.369 e. The number of fused-ring (bicyclic) bond motifs is 1. The molecule has 0 radical (unpaired) electrons. The summed E-state index contributed by atoms with van der Waals surface area (Å²) in [6.07, 6.45) is 1.60. The Bertz CT molecular complexity index is 902. The van der Waals surface area contributed by atoms with Crippen molar-refractivity contribution in [3.8, 4) is 0 Å². The average Bonchev–Trinajstić information content (AvgIpc) is 2.79. The normalized spacial score (nSPS) is 15.7. The zero-order valence-corrected chi connectivity index (χ0v) is 17.0. The topological polar surface area (TPSA) is 46.3 Å². The summed E-state index contributed by atoms with van der Waals surface area (Å²) < 4.78 is 28.9. The maximum Gasteiger partial charge on any atom is 0.225 e. The zero-order valence-electron chi connectivity index (χ0n) is 17.0. The summed E-state index contributed by atoms with van der Waals surface area (Å²) in [6, 6.07) is 8.38. The molecule has 150 valence electrons. The molecule has 1 amide bonds. The van der Waals surface area contributed by atoms with Crippen molar-refractivity contribution in [3.05, 3.63) is 64.2 Å². The minimum absolute atomic E-state index is 0.238. The molecule has 1 aliphatic heterocycles. The predicted octanol–water partition coefficient (Wildman–Crippen LogP) is 4.84. The molecular weight excluding hydrogens is 358 g/mol. The number of carbonyl (C=O) groups is 1. The summed E-state index contributed by atoms with van der Waals surface area (Å²) in [5.41, 5.74) is 8.84. The van der Waals surface area contributed by atoms with Crippen LogP contribution in [-0.2, 0) is 17.8 Å². The Labute approximate surface area is 165 Å². The van der Waals surface area contributed by atoms with Gasteiger partial charge in [-0.2, -0.15) is 0 Å². The number of anilines is 1. The second-order valence-electron chi connectivity index (χ2n) is 8.75. The molecule has 3 rings (SSSR count). The molecule has 0 bridgehead atoms. The number of hydrogen-bond donors (Lipinski definition) is 1. The minimum atomic E-state index is -0.566. The fourth-order valence-electron chi connectivity index (χ4n) is 4.22. The van der Waals surface area contributed by atoms with Crippen LogP contribution in [0, 0.1) is 24.0 Å². The van der Waals surface area contributed by atoms with Gasteiger partial charge in [-0.1, -0.05) is 32.9 Å². The molecule has 1 aliphatic rings. The van der Waals surface area contributed by atoms with E-state index < -0.39 is 17.2 Å². The van der Waals surface area contributed by atoms with E-state index >= 15 is 4.39 Å². The smallest absolute Gasteiger partial charge is 0.225 e. The number of nitrogens with two attached hydrogens (primary N) is 1. The summed E-state index contributed by atoms with van der Waals surface area (Å²) in [4.78, 5) is 14.1. The molecule has 2 aromatic rings. The number of hydrogen-bond acceptors (Lipinski definition) is 2. The molecule has 2 aromatic carbocycles. The van der Waals surface area contributed by atoms with Crippen molar-refractivity contribution in [2.45, 2.75) is 53.0 Å². The molecule has 0 aromatic heterocycles. The fourth-order valence-corrected chi connectivity index (χ4v) is 4.22. The third-order valence-electron chi connectivity index (χ3n) is 5.61. The highest BCUT2D eigenvalue weighted by molar-refractivity contribution is 5.83. The van der Waals surface area contributed by atoms with Gasteiger partial charge in [-0.3, -0.25) is 4.79 Å². The van der Waals surface area contributed by atoms with Crippen molar-refractivity contribution >= 4 is 11.6 Å². The van der Waals surface area contributed by atoms with Gasteiger partial charge in [-0.15, -0.1) is 0 Å². The molecule has 0 aliphatic carbocycles. The first-order valence-electron chi connectivity index (χ1n) is 9.70. The predicted molar refractivity (Wildman–Crippen MR) is 108 cm³/mol. The summed E-state index contributed by atoms with van der Waals surface area (Å²) in [5, 5.41) is 0. The SMILES string of the molecule is Cc1c(C(C(N)=O)C(C)(C)C)ccc(N2CCCc3cc(F)ccc3C2)c1F. The maximum absolute atomic E-state index is 15.4. The average molecular weight is 386 g/mol. The Morgan fingerprint density at radius 2 is 1.86 bits per heavy atom. The van der Waals surface area contributed by atoms with E-state index in [0.29, 0.717) is 29.9 Å². The van der Waals surface area contributed by atoms with Crippen LogP contribution in [0.3, 0.4) is 0 Å². The van der Waals surface area contributed by atoms with Gasteiger partial charge in [0.05, 0.1) is 11.6 Å². The number of aryl methyl sites for hydroxylation is 1. The highest BCUT2D eigenvalue weighted by Crippen LogP contribution is 2.39. The van der Waals surface area contributed by atoms with Crippen LogP contribution in [0.5, 0.6) is 0 Å². The lowest BCUT2D eigenvalue weighted by Crippen LogP contribution is -2.33. The van der Waals surface area contributed by atoms with Gasteiger partial charge in [0.1, 0.15) is 11.6 Å². The lowest BCUT2D eigenvalue weighted by Gasteiger charge is -2.31. The van der Waals surface area contributed by atoms with Gasteiger partial charge in [0, 0.05) is 13.1 Å². The van der Waals surface area contributed by atoms with Crippen molar-refractivity contribution in [1.29, 1.82) is 0 Å². The number of rotatable bonds is 3. The Balaban J connectivity index is 1.99. The molecular formula is C23H28F2N2O. The van der Waals surface area contributed by atoms with Crippen LogP contribution in [0.2, 0.25) is 0 Å². The highest BCUT2D eigenvalue weighted by atomic mass is 19.1. The van der Waals surface area contributed by atoms with Gasteiger partial charge in [0.25, 0.3) is 0 Å². The van der Waals surface area contributed by atoms with Crippen LogP contribution >= 0.6 is 0 Å². The van der Waals surface area contributed by atoms with Crippen LogP contribution in [-0.4, -0.2) is 12.5 Å². The van der Waals surface area contributed by atoms with Gasteiger partial charge in [-0.05, 0) is 65.6 Å². The van der Waals surface area contributed by atoms with Crippen molar-refractivity contribution in [1.82, 2.24) is 0 Å². The summed E-state index contributed by atoms with van der Waals surface area (Å²) in [5.74, 6) is -1.57. The van der Waals surface area contributed by atoms with Crippen LogP contribution < -0.4 is 10.6 Å². The molecule has 2 N–H and O–H groups in total. The molecule has 0 spiro atoms. The van der Waals surface area contributed by atoms with E-state index in [1.165, 1.54) is 6.07 Å². The van der Waals surface area contributed by atoms with E-state index in [9.17, 15) is 9.18 Å². The number of benzene rings is 2. The number of amides is 1. The lowest BCUT2D eigenvalue weighted by molar-refractivity contribution is -0.121. The van der Waals surface area contributed by atoms with Crippen LogP contribution in [0.1, 0.15) is 55.4 Å². The number of carbonyl (C=O) groups excluding carboxylic acids is 1. The van der Waals surface area contributed by atoms with Gasteiger partial charge in [0.2, 0.25) is 5.91 Å². The van der Waals surface area contributed by atoms with Gasteiger partial charge < -0.3 is 10.6 Å². The highest BCUT2D eigenvalue weighted by Gasteiger charge is 2.33. The van der Waals surface area contributed by atoms with Crippen molar-refractivity contribution in [3.63, 3.8) is 0 Å². The van der Waals surface area contributed by atoms with E-state index in [2.05, 4.69) is 0 Å². The van der Waals surface area contributed by atoms with E-state index in [1.807, 2.05) is 31.7 Å². The first-order valence-corrected chi connectivity index (χ1v) is 9.70. The Hall–Kier alpha value is -2.43. The van der Waals surface area contributed by atoms with Crippen molar-refractivity contribution in [2.24, 2.45) is 11.1 Å². The van der Waals surface area contributed by atoms with Crippen LogP contribution in [0.15, 0.2) is 30.3 Å². The van der Waals surface area contributed by atoms with Gasteiger partial charge in [-0.25, -0.2) is 8.78 Å². The molecule has 1 heterocycles. The zero-order chi connectivity index (χ0) is 20.6. The molecule has 0 fully saturated rings. The van der Waals surface area contributed by atoms with E-state index in [1.54, 1.807) is 25.1 Å². The lowest BCUT2D eigenvalue weighted by atomic mass is 9.74. The first kappa shape index (κ1) is 20.3.